The predicted octanol–water partition coefficient (Wildman–Crippen LogP) is 4.34. The van der Waals surface area contributed by atoms with E-state index in [1.54, 1.807) is 0 Å². The minimum Gasteiger partial charge on any atom is -0.289 e. The highest BCUT2D eigenvalue weighted by molar-refractivity contribution is 6.10. The van der Waals surface area contributed by atoms with Crippen LogP contribution < -0.4 is 0 Å². The van der Waals surface area contributed by atoms with Crippen molar-refractivity contribution in [3.05, 3.63) is 59.2 Å². The summed E-state index contributed by atoms with van der Waals surface area (Å²) in [6.45, 7) is 8.11. The van der Waals surface area contributed by atoms with E-state index < -0.39 is 0 Å². The molecule has 17 heavy (non-hydrogen) atoms. The van der Waals surface area contributed by atoms with Gasteiger partial charge in [0.2, 0.25) is 0 Å². The van der Waals surface area contributed by atoms with Crippen LogP contribution in [0.1, 0.15) is 36.7 Å². The Balaban J connectivity index is 2.91. The summed E-state index contributed by atoms with van der Waals surface area (Å²) in [5, 5.41) is 0. The molecule has 1 aromatic carbocycles. The molecule has 90 valence electrons. The van der Waals surface area contributed by atoms with Crippen molar-refractivity contribution < 1.29 is 4.79 Å². The molecule has 0 saturated heterocycles. The Bertz CT molecular complexity index is 433. The van der Waals surface area contributed by atoms with Crippen molar-refractivity contribution in [3.8, 4) is 0 Å². The average Bonchev–Trinajstić information content (AvgIpc) is 2.30. The first-order valence-electron chi connectivity index (χ1n) is 6.00. The first kappa shape index (κ1) is 13.4. The lowest BCUT2D eigenvalue weighted by Crippen LogP contribution is -2.01. The maximum Gasteiger partial charge on any atom is 0.192 e. The molecule has 0 aromatic heterocycles. The molecule has 0 unspecified atom stereocenters. The van der Waals surface area contributed by atoms with E-state index in [0.717, 1.165) is 11.1 Å². The quantitative estimate of drug-likeness (QED) is 0.426. The number of hydrogen-bond donors (Lipinski definition) is 0. The van der Waals surface area contributed by atoms with Crippen LogP contribution in [0.15, 0.2) is 48.1 Å². The van der Waals surface area contributed by atoms with Crippen LogP contribution in [0, 0.1) is 12.8 Å². The van der Waals surface area contributed by atoms with Crippen LogP contribution in [0.25, 0.3) is 0 Å². The number of allylic oxidation sites excluding steroid dienone is 4. The highest BCUT2D eigenvalue weighted by Crippen LogP contribution is 2.12. The molecule has 1 heteroatoms. The molecule has 0 bridgehead atoms. The van der Waals surface area contributed by atoms with Gasteiger partial charge in [0.15, 0.2) is 5.78 Å². The van der Waals surface area contributed by atoms with E-state index in [0.29, 0.717) is 5.92 Å². The first-order chi connectivity index (χ1) is 8.04. The number of carbonyl (C=O) groups excluding carboxylic acids is 1. The van der Waals surface area contributed by atoms with Crippen molar-refractivity contribution >= 4 is 5.78 Å². The Labute approximate surface area is 104 Å². The standard InChI is InChI=1S/C16H20O/c1-5-14(9-6-12(2)3)16(17)15-10-7-13(4)8-11-15/h5-12H,1-4H3/b9-6-,14-5+. The summed E-state index contributed by atoms with van der Waals surface area (Å²) in [6.07, 6.45) is 5.81. The van der Waals surface area contributed by atoms with Gasteiger partial charge in [0.05, 0.1) is 0 Å². The van der Waals surface area contributed by atoms with E-state index >= 15 is 0 Å². The molecular formula is C16H20O. The number of carbonyl (C=O) groups is 1. The Morgan fingerprint density at radius 2 is 1.76 bits per heavy atom. The van der Waals surface area contributed by atoms with Gasteiger partial charge in [-0.25, -0.2) is 0 Å². The number of hydrogen-bond acceptors (Lipinski definition) is 1. The average molecular weight is 228 g/mol. The largest absolute Gasteiger partial charge is 0.289 e. The molecule has 0 amide bonds. The molecule has 0 heterocycles. The normalized spacial score (nSPS) is 12.4. The molecule has 1 nitrogen and oxygen atoms in total. The molecule has 0 aliphatic heterocycles. The van der Waals surface area contributed by atoms with Gasteiger partial charge in [0.1, 0.15) is 0 Å². The summed E-state index contributed by atoms with van der Waals surface area (Å²) in [4.78, 5) is 12.2. The maximum atomic E-state index is 12.2. The molecule has 0 radical (unpaired) electrons. The predicted molar refractivity (Wildman–Crippen MR) is 73.2 cm³/mol. The Morgan fingerprint density at radius 1 is 1.18 bits per heavy atom. The van der Waals surface area contributed by atoms with E-state index in [-0.39, 0.29) is 5.78 Å². The van der Waals surface area contributed by atoms with Gasteiger partial charge in [-0.1, -0.05) is 61.9 Å². The molecule has 0 saturated carbocycles. The molecule has 0 N–H and O–H groups in total. The van der Waals surface area contributed by atoms with Crippen LogP contribution in [-0.4, -0.2) is 5.78 Å². The number of aryl methyl sites for hydroxylation is 1. The molecular weight excluding hydrogens is 208 g/mol. The van der Waals surface area contributed by atoms with Gasteiger partial charge in [0.25, 0.3) is 0 Å². The van der Waals surface area contributed by atoms with Gasteiger partial charge in [-0.2, -0.15) is 0 Å². The van der Waals surface area contributed by atoms with Crippen molar-refractivity contribution in [2.24, 2.45) is 5.92 Å². The van der Waals surface area contributed by atoms with E-state index in [1.807, 2.05) is 56.3 Å². The molecule has 0 aliphatic carbocycles. The maximum absolute atomic E-state index is 12.2. The monoisotopic (exact) mass is 228 g/mol. The summed E-state index contributed by atoms with van der Waals surface area (Å²) in [7, 11) is 0. The van der Waals surface area contributed by atoms with E-state index in [1.165, 1.54) is 5.56 Å². The van der Waals surface area contributed by atoms with E-state index in [2.05, 4.69) is 13.8 Å². The smallest absolute Gasteiger partial charge is 0.192 e. The second kappa shape index (κ2) is 6.19. The van der Waals surface area contributed by atoms with Crippen LogP contribution in [0.3, 0.4) is 0 Å². The second-order valence-electron chi connectivity index (χ2n) is 4.54. The van der Waals surface area contributed by atoms with Crippen molar-refractivity contribution in [1.29, 1.82) is 0 Å². The molecule has 0 spiro atoms. The lowest BCUT2D eigenvalue weighted by Gasteiger charge is -2.03. The molecule has 0 aliphatic rings. The fourth-order valence-corrected chi connectivity index (χ4v) is 1.47. The minimum absolute atomic E-state index is 0.0874. The summed E-state index contributed by atoms with van der Waals surface area (Å²) in [5.41, 5.74) is 2.67. The lowest BCUT2D eigenvalue weighted by atomic mass is 10.0. The van der Waals surface area contributed by atoms with Crippen LogP contribution in [0.4, 0.5) is 0 Å². The topological polar surface area (TPSA) is 17.1 Å². The van der Waals surface area contributed by atoms with Gasteiger partial charge in [-0.3, -0.25) is 4.79 Å². The third-order valence-corrected chi connectivity index (χ3v) is 2.55. The molecule has 1 rings (SSSR count). The minimum atomic E-state index is 0.0874. The van der Waals surface area contributed by atoms with Crippen molar-refractivity contribution in [2.75, 3.05) is 0 Å². The second-order valence-corrected chi connectivity index (χ2v) is 4.54. The van der Waals surface area contributed by atoms with Gasteiger partial charge in [-0.15, -0.1) is 0 Å². The fraction of sp³-hybridized carbons (Fsp3) is 0.312. The Kier molecular flexibility index (Phi) is 4.89. The Hall–Kier alpha value is -1.63. The zero-order valence-electron chi connectivity index (χ0n) is 11.0. The third kappa shape index (κ3) is 4.03. The molecule has 0 fully saturated rings. The van der Waals surface area contributed by atoms with Crippen LogP contribution in [-0.2, 0) is 0 Å². The third-order valence-electron chi connectivity index (χ3n) is 2.55. The van der Waals surface area contributed by atoms with Crippen molar-refractivity contribution in [2.45, 2.75) is 27.7 Å². The summed E-state index contributed by atoms with van der Waals surface area (Å²) in [5.74, 6) is 0.542. The zero-order chi connectivity index (χ0) is 12.8. The van der Waals surface area contributed by atoms with Gasteiger partial charge in [0, 0.05) is 11.1 Å². The van der Waals surface area contributed by atoms with Gasteiger partial charge < -0.3 is 0 Å². The number of Topliss-reactive ketones (excluding diaryl/α,β-unsaturated/α-hetero) is 1. The molecule has 1 aromatic rings. The first-order valence-corrected chi connectivity index (χ1v) is 6.00. The van der Waals surface area contributed by atoms with Crippen molar-refractivity contribution in [1.82, 2.24) is 0 Å². The summed E-state index contributed by atoms with van der Waals surface area (Å²) < 4.78 is 0. The lowest BCUT2D eigenvalue weighted by molar-refractivity contribution is 0.103. The van der Waals surface area contributed by atoms with Crippen LogP contribution >= 0.6 is 0 Å². The van der Waals surface area contributed by atoms with Crippen LogP contribution in [0.5, 0.6) is 0 Å². The van der Waals surface area contributed by atoms with Crippen LogP contribution in [0.2, 0.25) is 0 Å². The van der Waals surface area contributed by atoms with Crippen molar-refractivity contribution in [3.63, 3.8) is 0 Å². The fourth-order valence-electron chi connectivity index (χ4n) is 1.47. The van der Waals surface area contributed by atoms with Gasteiger partial charge >= 0.3 is 0 Å². The highest BCUT2D eigenvalue weighted by Gasteiger charge is 2.08. The highest BCUT2D eigenvalue weighted by atomic mass is 16.1. The van der Waals surface area contributed by atoms with E-state index in [9.17, 15) is 4.79 Å². The number of benzene rings is 1. The van der Waals surface area contributed by atoms with Gasteiger partial charge in [-0.05, 0) is 19.8 Å². The Morgan fingerprint density at radius 3 is 2.24 bits per heavy atom. The zero-order valence-corrected chi connectivity index (χ0v) is 11.0. The SMILES string of the molecule is C/C=C(\C=C/C(C)C)C(=O)c1ccc(C)cc1. The summed E-state index contributed by atoms with van der Waals surface area (Å²) in [6, 6.07) is 7.69. The van der Waals surface area contributed by atoms with E-state index in [4.69, 9.17) is 0 Å². The number of ketones is 1. The number of rotatable bonds is 4. The summed E-state index contributed by atoms with van der Waals surface area (Å²) >= 11 is 0. The molecule has 0 atom stereocenters.